The summed E-state index contributed by atoms with van der Waals surface area (Å²) in [6, 6.07) is 18.1. The van der Waals surface area contributed by atoms with Gasteiger partial charge in [0.1, 0.15) is 25.0 Å². The van der Waals surface area contributed by atoms with Gasteiger partial charge in [0, 0.05) is 24.7 Å². The van der Waals surface area contributed by atoms with Crippen molar-refractivity contribution in [3.05, 3.63) is 96.1 Å². The van der Waals surface area contributed by atoms with Gasteiger partial charge in [-0.2, -0.15) is 0 Å². The third kappa shape index (κ3) is 11.9. The number of carbonyl (C=O) groups is 5. The molecule has 2 fully saturated rings. The lowest BCUT2D eigenvalue weighted by atomic mass is 10.0. The first-order valence-corrected chi connectivity index (χ1v) is 29.6. The van der Waals surface area contributed by atoms with Crippen molar-refractivity contribution >= 4 is 57.9 Å². The van der Waals surface area contributed by atoms with Crippen LogP contribution in [0, 0.1) is 5.41 Å². The van der Waals surface area contributed by atoms with Crippen molar-refractivity contribution in [1.29, 1.82) is 0 Å². The van der Waals surface area contributed by atoms with Crippen LogP contribution in [0.15, 0.2) is 79.4 Å². The second-order valence-corrected chi connectivity index (χ2v) is 31.7. The molecule has 1 aliphatic carbocycles. The van der Waals surface area contributed by atoms with E-state index in [1.165, 1.54) is 6.08 Å². The number of nitrogens with zero attached hydrogens (tertiary/aromatic N) is 2. The number of alkyl carbamates (subject to hydrolysis) is 1. The van der Waals surface area contributed by atoms with E-state index < -0.39 is 58.9 Å². The number of methoxy groups -OCH3 is 1. The summed E-state index contributed by atoms with van der Waals surface area (Å²) >= 11 is 0. The Kier molecular flexibility index (Phi) is 16.7. The van der Waals surface area contributed by atoms with Crippen LogP contribution >= 0.6 is 0 Å². The molecule has 6 rings (SSSR count). The van der Waals surface area contributed by atoms with Gasteiger partial charge in [0.2, 0.25) is 11.8 Å². The maximum atomic E-state index is 15.1. The van der Waals surface area contributed by atoms with Gasteiger partial charge in [-0.25, -0.2) is 14.5 Å². The number of amides is 5. The Hall–Kier alpha value is -5.66. The Morgan fingerprint density at radius 3 is 2.10 bits per heavy atom. The number of hydrogen-bond acceptors (Lipinski definition) is 10. The lowest BCUT2D eigenvalue weighted by molar-refractivity contribution is -0.125. The third-order valence-corrected chi connectivity index (χ3v) is 25.2. The van der Waals surface area contributed by atoms with E-state index >= 15 is 4.79 Å². The quantitative estimate of drug-likeness (QED) is 0.0775. The minimum Gasteiger partial charge on any atom is -0.540 e. The largest absolute Gasteiger partial charge is 0.540 e. The van der Waals surface area contributed by atoms with Gasteiger partial charge in [-0.05, 0) is 88.8 Å². The minimum absolute atomic E-state index is 0.0155. The number of ether oxygens (including phenoxy) is 3. The minimum atomic E-state index is -2.62. The van der Waals surface area contributed by atoms with Crippen LogP contribution in [0.2, 0.25) is 34.8 Å². The van der Waals surface area contributed by atoms with Crippen LogP contribution in [0.5, 0.6) is 11.5 Å². The molecule has 3 aliphatic rings. The molecular weight excluding hydrogens is 923 g/mol. The molecule has 3 atom stereocenters. The van der Waals surface area contributed by atoms with Crippen molar-refractivity contribution in [2.24, 2.45) is 5.41 Å². The summed E-state index contributed by atoms with van der Waals surface area (Å²) in [4.78, 5) is 72.2. The molecule has 1 saturated carbocycles. The van der Waals surface area contributed by atoms with Gasteiger partial charge in [-0.15, -0.1) is 0 Å². The molecule has 1 spiro atoms. The third-order valence-electron chi connectivity index (χ3n) is 14.8. The zero-order valence-corrected chi connectivity index (χ0v) is 45.2. The Morgan fingerprint density at radius 1 is 0.886 bits per heavy atom. The molecule has 1 saturated heterocycles. The van der Waals surface area contributed by atoms with Gasteiger partial charge in [-0.1, -0.05) is 117 Å². The summed E-state index contributed by atoms with van der Waals surface area (Å²) in [6.45, 7) is 27.6. The molecule has 2 aliphatic heterocycles. The molecule has 15 nitrogen and oxygen atoms in total. The van der Waals surface area contributed by atoms with Crippen molar-refractivity contribution in [2.75, 3.05) is 37.0 Å². The Labute approximate surface area is 416 Å². The van der Waals surface area contributed by atoms with Gasteiger partial charge in [0.05, 0.1) is 30.9 Å². The van der Waals surface area contributed by atoms with E-state index in [2.05, 4.69) is 97.9 Å². The number of benzene rings is 3. The maximum Gasteiger partial charge on any atom is 0.416 e. The summed E-state index contributed by atoms with van der Waals surface area (Å²) in [5, 5.41) is 7.74. The number of fused-ring (bicyclic) bond motifs is 2. The first-order valence-electron chi connectivity index (χ1n) is 24.6. The highest BCUT2D eigenvalue weighted by molar-refractivity contribution is 6.78. The van der Waals surface area contributed by atoms with E-state index in [1.807, 2.05) is 35.2 Å². The van der Waals surface area contributed by atoms with Gasteiger partial charge >= 0.3 is 12.2 Å². The summed E-state index contributed by atoms with van der Waals surface area (Å²) < 4.78 is 31.9. The number of carbonyl (C=O) groups excluding carboxylic acids is 5. The van der Waals surface area contributed by atoms with Gasteiger partial charge in [0.25, 0.3) is 14.2 Å². The molecule has 2 unspecified atom stereocenters. The van der Waals surface area contributed by atoms with Crippen LogP contribution < -0.4 is 30.0 Å². The normalized spacial score (nSPS) is 17.9. The first kappa shape index (κ1) is 53.7. The molecular formula is C53H75N5O10Si2. The SMILES string of the molecule is C=CCOC(=O)NC(Cc1ccccc1)C(=O)NCC(=O)Nc1ccc(COC(=O)N2c3cc(O[Si](C(C)C)(C(C)C)C(C)C)c(OC)cc3C(=O)N3CC4(CC4)C[C@H]3C2O[Si](C)(C)C(C)(C)C)cc1. The van der Waals surface area contributed by atoms with Crippen molar-refractivity contribution in [2.45, 2.75) is 148 Å². The average molecular weight is 998 g/mol. The molecule has 5 amide bonds. The maximum absolute atomic E-state index is 15.1. The lowest BCUT2D eigenvalue weighted by Crippen LogP contribution is -2.58. The van der Waals surface area contributed by atoms with Crippen LogP contribution in [0.3, 0.4) is 0 Å². The number of nitrogens with one attached hydrogen (secondary N) is 3. The van der Waals surface area contributed by atoms with Crippen molar-refractivity contribution < 1.29 is 47.0 Å². The molecule has 3 aromatic rings. The smallest absolute Gasteiger partial charge is 0.416 e. The fourth-order valence-electron chi connectivity index (χ4n) is 9.86. The topological polar surface area (TPSA) is 174 Å². The molecule has 0 bridgehead atoms. The second kappa shape index (κ2) is 21.8. The molecule has 70 heavy (non-hydrogen) atoms. The standard InChI is InChI=1S/C53H75N5O10Si2/c1-14-26-65-50(62)56-41(27-37-18-16-15-17-19-37)47(60)54-31-46(59)55-39-22-20-38(21-23-39)32-66-51(63)58-42-29-45(67-70(34(2)3,35(4)5)36(6)7)44(64-11)28-40(42)48(61)57-33-53(24-25-53)30-43(57)49(58)68-69(12,13)52(8,9)10/h14-23,28-29,34-36,41,43,49H,1,24-27,30-33H2,2-13H3,(H,54,60)(H,55,59)(H,56,62)/t41?,43-,49?/m0/s1. The number of hydrogen-bond donors (Lipinski definition) is 3. The molecule has 3 aromatic carbocycles. The van der Waals surface area contributed by atoms with E-state index in [0.717, 1.165) is 18.4 Å². The average Bonchev–Trinajstić information content (AvgIpc) is 3.97. The second-order valence-electron chi connectivity index (χ2n) is 21.6. The van der Waals surface area contributed by atoms with Crippen LogP contribution in [-0.4, -0.2) is 96.6 Å². The molecule has 0 radical (unpaired) electrons. The van der Waals surface area contributed by atoms with E-state index in [0.29, 0.717) is 47.0 Å². The van der Waals surface area contributed by atoms with Crippen molar-refractivity contribution in [1.82, 2.24) is 15.5 Å². The van der Waals surface area contributed by atoms with Crippen molar-refractivity contribution in [3.8, 4) is 11.5 Å². The predicted molar refractivity (Wildman–Crippen MR) is 277 cm³/mol. The highest BCUT2D eigenvalue weighted by Gasteiger charge is 2.60. The summed E-state index contributed by atoms with van der Waals surface area (Å²) in [6.07, 6.45) is 2.00. The Balaban J connectivity index is 1.25. The summed E-state index contributed by atoms with van der Waals surface area (Å²) in [5.74, 6) is -0.331. The van der Waals surface area contributed by atoms with Crippen LogP contribution in [0.4, 0.5) is 21.0 Å². The number of anilines is 2. The van der Waals surface area contributed by atoms with E-state index in [4.69, 9.17) is 23.1 Å². The monoisotopic (exact) mass is 998 g/mol. The molecule has 380 valence electrons. The van der Waals surface area contributed by atoms with Crippen LogP contribution in [0.25, 0.3) is 0 Å². The number of rotatable bonds is 19. The van der Waals surface area contributed by atoms with Crippen LogP contribution in [0.1, 0.15) is 103 Å². The Morgan fingerprint density at radius 2 is 1.53 bits per heavy atom. The molecule has 0 aromatic heterocycles. The van der Waals surface area contributed by atoms with E-state index in [-0.39, 0.29) is 59.2 Å². The fourth-order valence-corrected chi connectivity index (χ4v) is 16.3. The molecule has 2 heterocycles. The van der Waals surface area contributed by atoms with Gasteiger partial charge < -0.3 is 43.9 Å². The van der Waals surface area contributed by atoms with Crippen LogP contribution in [-0.2, 0) is 36.5 Å². The van der Waals surface area contributed by atoms with E-state index in [9.17, 15) is 19.2 Å². The molecule has 3 N–H and O–H groups in total. The zero-order chi connectivity index (χ0) is 51.3. The summed E-state index contributed by atoms with van der Waals surface area (Å²) in [7, 11) is -3.60. The summed E-state index contributed by atoms with van der Waals surface area (Å²) in [5.41, 5.74) is 3.27. The highest BCUT2D eigenvalue weighted by atomic mass is 28.4. The predicted octanol–water partition coefficient (Wildman–Crippen LogP) is 10.3. The molecule has 17 heteroatoms. The van der Waals surface area contributed by atoms with Gasteiger partial charge in [-0.3, -0.25) is 14.4 Å². The van der Waals surface area contributed by atoms with Crippen molar-refractivity contribution in [3.63, 3.8) is 0 Å². The zero-order valence-electron chi connectivity index (χ0n) is 43.2. The van der Waals surface area contributed by atoms with E-state index in [1.54, 1.807) is 48.4 Å². The lowest BCUT2D eigenvalue weighted by Gasteiger charge is -2.44. The highest BCUT2D eigenvalue weighted by Crippen LogP contribution is 2.58. The Bertz CT molecular complexity index is 2360. The van der Waals surface area contributed by atoms with Gasteiger partial charge in [0.15, 0.2) is 20.3 Å². The first-order chi connectivity index (χ1) is 33.0. The fraction of sp³-hybridized carbons (Fsp3) is 0.528.